The number of aliphatic imine (C=N–C) groups is 1. The van der Waals surface area contributed by atoms with Crippen LogP contribution in [-0.2, 0) is 4.74 Å². The summed E-state index contributed by atoms with van der Waals surface area (Å²) in [7, 11) is 0. The van der Waals surface area contributed by atoms with Gasteiger partial charge in [0.2, 0.25) is 0 Å². The Kier molecular flexibility index (Phi) is 4.98. The van der Waals surface area contributed by atoms with Gasteiger partial charge in [-0.3, -0.25) is 15.1 Å². The van der Waals surface area contributed by atoms with Crippen molar-refractivity contribution >= 4 is 23.6 Å². The summed E-state index contributed by atoms with van der Waals surface area (Å²) in [5.74, 6) is -0.367. The van der Waals surface area contributed by atoms with Crippen LogP contribution in [0.15, 0.2) is 53.5 Å². The molecule has 112 valence electrons. The van der Waals surface area contributed by atoms with Gasteiger partial charge in [0.15, 0.2) is 0 Å². The first kappa shape index (κ1) is 15.4. The number of carbonyl (C=O) groups excluding carboxylic acids is 1. The molecule has 0 spiro atoms. The summed E-state index contributed by atoms with van der Waals surface area (Å²) in [5.41, 5.74) is 1.93. The van der Waals surface area contributed by atoms with E-state index in [1.54, 1.807) is 49.5 Å². The molecule has 0 saturated carbocycles. The first-order valence-corrected chi connectivity index (χ1v) is 6.66. The molecular weight excluding hydrogens is 284 g/mol. The predicted octanol–water partition coefficient (Wildman–Crippen LogP) is 3.52. The van der Waals surface area contributed by atoms with E-state index in [2.05, 4.69) is 4.99 Å². The van der Waals surface area contributed by atoms with E-state index < -0.39 is 4.92 Å². The minimum Gasteiger partial charge on any atom is -0.462 e. The van der Waals surface area contributed by atoms with Crippen LogP contribution in [0, 0.1) is 10.1 Å². The van der Waals surface area contributed by atoms with Gasteiger partial charge in [0.1, 0.15) is 0 Å². The zero-order chi connectivity index (χ0) is 15.9. The molecule has 0 amide bonds. The third-order valence-corrected chi connectivity index (χ3v) is 2.85. The third kappa shape index (κ3) is 3.99. The summed E-state index contributed by atoms with van der Waals surface area (Å²) in [6, 6.07) is 12.8. The molecule has 0 aliphatic rings. The fourth-order valence-corrected chi connectivity index (χ4v) is 1.73. The number of benzene rings is 2. The molecule has 0 N–H and O–H groups in total. The molecule has 2 aromatic rings. The minimum atomic E-state index is -0.449. The number of nitro groups is 1. The van der Waals surface area contributed by atoms with Crippen molar-refractivity contribution in [2.45, 2.75) is 6.92 Å². The van der Waals surface area contributed by atoms with Gasteiger partial charge in [0, 0.05) is 18.3 Å². The molecule has 0 saturated heterocycles. The fourth-order valence-electron chi connectivity index (χ4n) is 1.73. The largest absolute Gasteiger partial charge is 0.462 e. The number of carbonyl (C=O) groups is 1. The molecule has 0 fully saturated rings. The van der Waals surface area contributed by atoms with Crippen LogP contribution in [0.5, 0.6) is 0 Å². The van der Waals surface area contributed by atoms with Gasteiger partial charge in [0.25, 0.3) is 5.69 Å². The van der Waals surface area contributed by atoms with Crippen molar-refractivity contribution in [3.63, 3.8) is 0 Å². The Morgan fingerprint density at radius 1 is 1.18 bits per heavy atom. The van der Waals surface area contributed by atoms with Crippen LogP contribution in [0.2, 0.25) is 0 Å². The van der Waals surface area contributed by atoms with Crippen molar-refractivity contribution in [3.05, 3.63) is 69.8 Å². The number of nitro benzene ring substituents is 1. The van der Waals surface area contributed by atoms with Crippen molar-refractivity contribution in [1.82, 2.24) is 0 Å². The molecule has 0 atom stereocenters. The summed E-state index contributed by atoms with van der Waals surface area (Å²) < 4.78 is 4.90. The SMILES string of the molecule is CCOC(=O)c1ccc(N=Cc2ccc([N+](=O)[O-])cc2)cc1. The fraction of sp³-hybridized carbons (Fsp3) is 0.125. The third-order valence-electron chi connectivity index (χ3n) is 2.85. The Morgan fingerprint density at radius 2 is 1.82 bits per heavy atom. The van der Waals surface area contributed by atoms with E-state index in [9.17, 15) is 14.9 Å². The first-order chi connectivity index (χ1) is 10.6. The van der Waals surface area contributed by atoms with E-state index in [0.29, 0.717) is 17.9 Å². The van der Waals surface area contributed by atoms with Gasteiger partial charge in [-0.1, -0.05) is 0 Å². The van der Waals surface area contributed by atoms with Gasteiger partial charge in [-0.25, -0.2) is 4.79 Å². The molecule has 22 heavy (non-hydrogen) atoms. The van der Waals surface area contributed by atoms with E-state index >= 15 is 0 Å². The number of hydrogen-bond donors (Lipinski definition) is 0. The summed E-state index contributed by atoms with van der Waals surface area (Å²) in [4.78, 5) is 25.9. The van der Waals surface area contributed by atoms with E-state index in [1.165, 1.54) is 12.1 Å². The second-order valence-electron chi connectivity index (χ2n) is 4.37. The van der Waals surface area contributed by atoms with Gasteiger partial charge in [0.05, 0.1) is 22.8 Å². The van der Waals surface area contributed by atoms with Crippen LogP contribution in [-0.4, -0.2) is 23.7 Å². The van der Waals surface area contributed by atoms with Gasteiger partial charge in [-0.15, -0.1) is 0 Å². The molecule has 0 aromatic heterocycles. The highest BCUT2D eigenvalue weighted by atomic mass is 16.6. The molecule has 0 bridgehead atoms. The second kappa shape index (κ2) is 7.12. The molecule has 2 aromatic carbocycles. The lowest BCUT2D eigenvalue weighted by Crippen LogP contribution is -2.03. The molecule has 0 unspecified atom stereocenters. The summed E-state index contributed by atoms with van der Waals surface area (Å²) in [6.07, 6.45) is 1.60. The zero-order valence-corrected chi connectivity index (χ0v) is 11.9. The highest BCUT2D eigenvalue weighted by molar-refractivity contribution is 5.90. The van der Waals surface area contributed by atoms with E-state index in [-0.39, 0.29) is 11.7 Å². The van der Waals surface area contributed by atoms with Crippen molar-refractivity contribution in [1.29, 1.82) is 0 Å². The van der Waals surface area contributed by atoms with Crippen LogP contribution < -0.4 is 0 Å². The highest BCUT2D eigenvalue weighted by Crippen LogP contribution is 2.15. The monoisotopic (exact) mass is 298 g/mol. The number of non-ortho nitro benzene ring substituents is 1. The van der Waals surface area contributed by atoms with Gasteiger partial charge >= 0.3 is 5.97 Å². The molecule has 0 aliphatic carbocycles. The maximum atomic E-state index is 11.5. The maximum absolute atomic E-state index is 11.5. The molecule has 6 nitrogen and oxygen atoms in total. The summed E-state index contributed by atoms with van der Waals surface area (Å²) in [5, 5.41) is 10.6. The zero-order valence-electron chi connectivity index (χ0n) is 11.9. The topological polar surface area (TPSA) is 81.8 Å². The predicted molar refractivity (Wildman–Crippen MR) is 82.7 cm³/mol. The normalized spacial score (nSPS) is 10.6. The van der Waals surface area contributed by atoms with E-state index in [4.69, 9.17) is 4.74 Å². The average Bonchev–Trinajstić information content (AvgIpc) is 2.54. The number of esters is 1. The lowest BCUT2D eigenvalue weighted by atomic mass is 10.2. The Labute approximate surface area is 127 Å². The van der Waals surface area contributed by atoms with Crippen molar-refractivity contribution in [2.75, 3.05) is 6.61 Å². The van der Waals surface area contributed by atoms with Crippen LogP contribution in [0.25, 0.3) is 0 Å². The molecule has 0 radical (unpaired) electrons. The standard InChI is InChI=1S/C16H14N2O4/c1-2-22-16(19)13-5-7-14(8-6-13)17-11-12-3-9-15(10-4-12)18(20)21/h3-11H,2H2,1H3. The Balaban J connectivity index is 2.06. The van der Waals surface area contributed by atoms with Crippen molar-refractivity contribution in [3.8, 4) is 0 Å². The smallest absolute Gasteiger partial charge is 0.338 e. The Hall–Kier alpha value is -3.02. The Bertz CT molecular complexity index is 691. The molecular formula is C16H14N2O4. The first-order valence-electron chi connectivity index (χ1n) is 6.66. The Morgan fingerprint density at radius 3 is 2.36 bits per heavy atom. The summed E-state index contributed by atoms with van der Waals surface area (Å²) >= 11 is 0. The van der Waals surface area contributed by atoms with Crippen LogP contribution >= 0.6 is 0 Å². The van der Waals surface area contributed by atoms with Gasteiger partial charge in [-0.2, -0.15) is 0 Å². The number of rotatable bonds is 5. The molecule has 0 aliphatic heterocycles. The van der Waals surface area contributed by atoms with Crippen molar-refractivity contribution in [2.24, 2.45) is 4.99 Å². The van der Waals surface area contributed by atoms with Gasteiger partial charge in [-0.05, 0) is 48.9 Å². The minimum absolute atomic E-state index is 0.0379. The molecule has 0 heterocycles. The van der Waals surface area contributed by atoms with E-state index in [0.717, 1.165) is 5.56 Å². The lowest BCUT2D eigenvalue weighted by Gasteiger charge is -2.01. The van der Waals surface area contributed by atoms with Crippen molar-refractivity contribution < 1.29 is 14.5 Å². The number of hydrogen-bond acceptors (Lipinski definition) is 5. The number of ether oxygens (including phenoxy) is 1. The second-order valence-corrected chi connectivity index (χ2v) is 4.37. The van der Waals surface area contributed by atoms with Gasteiger partial charge < -0.3 is 4.74 Å². The maximum Gasteiger partial charge on any atom is 0.338 e. The average molecular weight is 298 g/mol. The van der Waals surface area contributed by atoms with Crippen LogP contribution in [0.4, 0.5) is 11.4 Å². The van der Waals surface area contributed by atoms with Crippen LogP contribution in [0.3, 0.4) is 0 Å². The van der Waals surface area contributed by atoms with Crippen LogP contribution in [0.1, 0.15) is 22.8 Å². The molecule has 6 heteroatoms. The highest BCUT2D eigenvalue weighted by Gasteiger charge is 2.05. The molecule has 2 rings (SSSR count). The lowest BCUT2D eigenvalue weighted by molar-refractivity contribution is -0.384. The summed E-state index contributed by atoms with van der Waals surface area (Å²) in [6.45, 7) is 2.08. The quantitative estimate of drug-likeness (QED) is 0.366. The number of nitrogens with zero attached hydrogens (tertiary/aromatic N) is 2. The van der Waals surface area contributed by atoms with E-state index in [1.807, 2.05) is 0 Å².